The fraction of sp³-hybridized carbons (Fsp3) is 0.367. The van der Waals surface area contributed by atoms with Gasteiger partial charge in [-0.05, 0) is 67.8 Å². The summed E-state index contributed by atoms with van der Waals surface area (Å²) in [6.07, 6.45) is 0.643. The molecule has 0 aliphatic heterocycles. The summed E-state index contributed by atoms with van der Waals surface area (Å²) in [5.41, 5.74) is 0.261. The van der Waals surface area contributed by atoms with E-state index in [0.717, 1.165) is 17.2 Å². The van der Waals surface area contributed by atoms with E-state index in [1.54, 1.807) is 39.0 Å². The highest BCUT2D eigenvalue weighted by atomic mass is 32.1. The lowest BCUT2D eigenvalue weighted by Crippen LogP contribution is -2.53. The first-order chi connectivity index (χ1) is 18.5. The third-order valence-corrected chi connectivity index (χ3v) is 6.34. The van der Waals surface area contributed by atoms with Crippen LogP contribution in [-0.2, 0) is 14.3 Å². The summed E-state index contributed by atoms with van der Waals surface area (Å²) >= 11 is 4.31. The Kier molecular flexibility index (Phi) is 10.2. The lowest BCUT2D eigenvalue weighted by Gasteiger charge is -2.34. The molecule has 0 saturated heterocycles. The van der Waals surface area contributed by atoms with Crippen LogP contribution in [0.3, 0.4) is 0 Å². The molecule has 0 radical (unpaired) electrons. The zero-order valence-corrected chi connectivity index (χ0v) is 23.7. The van der Waals surface area contributed by atoms with E-state index >= 15 is 0 Å². The molecular formula is C30H37N3O5S. The van der Waals surface area contributed by atoms with Crippen molar-refractivity contribution in [1.29, 1.82) is 0 Å². The number of hydrogen-bond acceptors (Lipinski definition) is 6. The second-order valence-electron chi connectivity index (χ2n) is 10.3. The zero-order chi connectivity index (χ0) is 28.6. The minimum absolute atomic E-state index is 0.000244. The van der Waals surface area contributed by atoms with Crippen LogP contribution in [0.4, 0.5) is 10.5 Å². The number of phenolic OH excluding ortho intramolecular Hbond substituents is 1. The molecule has 8 nitrogen and oxygen atoms in total. The molecule has 0 heterocycles. The molecular weight excluding hydrogens is 514 g/mol. The number of nitrogens with zero attached hydrogens (tertiary/aromatic N) is 1. The molecule has 0 aliphatic rings. The standard InChI is InChI=1S/C30H37N3O5S/c1-5-6-16-33(28(36)25(19-39)32-29(37)38-30(2,3)4)26(22-12-9-13-24(34)18-22)27(35)31-23-15-14-20-10-7-8-11-21(20)17-23/h7-15,17-18,25-26,34,39H,5-6,16,19H2,1-4H3,(H,31,35)(H,32,37). The van der Waals surface area contributed by atoms with Gasteiger partial charge in [0.1, 0.15) is 23.4 Å². The minimum atomic E-state index is -1.08. The first kappa shape index (κ1) is 29.8. The van der Waals surface area contributed by atoms with Crippen molar-refractivity contribution in [2.24, 2.45) is 0 Å². The van der Waals surface area contributed by atoms with Crippen LogP contribution in [0, 0.1) is 0 Å². The number of thiol groups is 1. The Balaban J connectivity index is 1.98. The first-order valence-corrected chi connectivity index (χ1v) is 13.6. The number of unbranched alkanes of at least 4 members (excludes halogenated alkanes) is 1. The minimum Gasteiger partial charge on any atom is -0.508 e. The molecule has 3 rings (SSSR count). The number of carbonyl (C=O) groups is 3. The lowest BCUT2D eigenvalue weighted by atomic mass is 10.0. The van der Waals surface area contributed by atoms with E-state index in [1.165, 1.54) is 17.0 Å². The highest BCUT2D eigenvalue weighted by Crippen LogP contribution is 2.28. The summed E-state index contributed by atoms with van der Waals surface area (Å²) in [6, 6.07) is 17.5. The van der Waals surface area contributed by atoms with Crippen LogP contribution < -0.4 is 10.6 Å². The number of nitrogens with one attached hydrogen (secondary N) is 2. The molecule has 2 unspecified atom stereocenters. The fourth-order valence-electron chi connectivity index (χ4n) is 4.18. The van der Waals surface area contributed by atoms with Gasteiger partial charge in [-0.15, -0.1) is 0 Å². The van der Waals surface area contributed by atoms with E-state index in [1.807, 2.05) is 43.3 Å². The van der Waals surface area contributed by atoms with E-state index in [2.05, 4.69) is 23.3 Å². The summed E-state index contributed by atoms with van der Waals surface area (Å²) in [4.78, 5) is 41.7. The molecule has 3 N–H and O–H groups in total. The van der Waals surface area contributed by atoms with Crippen LogP contribution in [-0.4, -0.2) is 51.9 Å². The fourth-order valence-corrected chi connectivity index (χ4v) is 4.42. The van der Waals surface area contributed by atoms with Gasteiger partial charge >= 0.3 is 6.09 Å². The van der Waals surface area contributed by atoms with E-state index in [4.69, 9.17) is 4.74 Å². The van der Waals surface area contributed by atoms with Crippen molar-refractivity contribution in [3.8, 4) is 5.75 Å². The monoisotopic (exact) mass is 551 g/mol. The van der Waals surface area contributed by atoms with Crippen molar-refractivity contribution < 1.29 is 24.2 Å². The molecule has 0 aromatic heterocycles. The third-order valence-electron chi connectivity index (χ3n) is 5.97. The number of phenols is 1. The number of aromatic hydroxyl groups is 1. The van der Waals surface area contributed by atoms with Crippen molar-refractivity contribution in [2.75, 3.05) is 17.6 Å². The van der Waals surface area contributed by atoms with Gasteiger partial charge in [0.25, 0.3) is 5.91 Å². The molecule has 9 heteroatoms. The number of alkyl carbamates (subject to hydrolysis) is 1. The average Bonchev–Trinajstić information content (AvgIpc) is 2.88. The van der Waals surface area contributed by atoms with Crippen LogP contribution >= 0.6 is 12.6 Å². The molecule has 208 valence electrons. The van der Waals surface area contributed by atoms with Crippen molar-refractivity contribution in [2.45, 2.75) is 58.2 Å². The zero-order valence-electron chi connectivity index (χ0n) is 22.8. The number of anilines is 1. The van der Waals surface area contributed by atoms with E-state index in [-0.39, 0.29) is 18.0 Å². The first-order valence-electron chi connectivity index (χ1n) is 13.0. The summed E-state index contributed by atoms with van der Waals surface area (Å²) in [5.74, 6) is -0.960. The van der Waals surface area contributed by atoms with Crippen molar-refractivity contribution >= 4 is 47.0 Å². The van der Waals surface area contributed by atoms with Crippen LogP contribution in [0.15, 0.2) is 66.7 Å². The van der Waals surface area contributed by atoms with Crippen molar-refractivity contribution in [3.63, 3.8) is 0 Å². The number of carbonyl (C=O) groups excluding carboxylic acids is 3. The number of hydrogen-bond donors (Lipinski definition) is 4. The van der Waals surface area contributed by atoms with Crippen LogP contribution in [0.5, 0.6) is 5.75 Å². The Morgan fingerprint density at radius 2 is 1.72 bits per heavy atom. The highest BCUT2D eigenvalue weighted by Gasteiger charge is 2.36. The summed E-state index contributed by atoms with van der Waals surface area (Å²) in [6.45, 7) is 7.42. The SMILES string of the molecule is CCCCN(C(=O)C(CS)NC(=O)OC(C)(C)C)C(C(=O)Nc1ccc2ccccc2c1)c1cccc(O)c1. The summed E-state index contributed by atoms with van der Waals surface area (Å²) in [7, 11) is 0. The van der Waals surface area contributed by atoms with E-state index < -0.39 is 35.6 Å². The van der Waals surface area contributed by atoms with Gasteiger partial charge in [0.15, 0.2) is 0 Å². The maximum Gasteiger partial charge on any atom is 0.408 e. The smallest absolute Gasteiger partial charge is 0.408 e. The van der Waals surface area contributed by atoms with Gasteiger partial charge in [0.05, 0.1) is 0 Å². The molecule has 2 atom stereocenters. The quantitative estimate of drug-likeness (QED) is 0.243. The molecule has 0 spiro atoms. The topological polar surface area (TPSA) is 108 Å². The van der Waals surface area contributed by atoms with Crippen LogP contribution in [0.1, 0.15) is 52.1 Å². The van der Waals surface area contributed by atoms with Gasteiger partial charge in [-0.2, -0.15) is 12.6 Å². The Hall–Kier alpha value is -3.72. The van der Waals surface area contributed by atoms with E-state index in [9.17, 15) is 19.5 Å². The predicted octanol–water partition coefficient (Wildman–Crippen LogP) is 5.68. The van der Waals surface area contributed by atoms with Gasteiger partial charge in [0.2, 0.25) is 5.91 Å². The van der Waals surface area contributed by atoms with Gasteiger partial charge in [-0.1, -0.05) is 55.8 Å². The molecule has 3 amide bonds. The molecule has 0 saturated carbocycles. The van der Waals surface area contributed by atoms with E-state index in [0.29, 0.717) is 17.7 Å². The Morgan fingerprint density at radius 1 is 1.00 bits per heavy atom. The number of ether oxygens (including phenoxy) is 1. The second kappa shape index (κ2) is 13.4. The summed E-state index contributed by atoms with van der Waals surface area (Å²) in [5, 5.41) is 17.7. The predicted molar refractivity (Wildman–Crippen MR) is 157 cm³/mol. The van der Waals surface area contributed by atoms with Crippen molar-refractivity contribution in [1.82, 2.24) is 10.2 Å². The largest absolute Gasteiger partial charge is 0.508 e. The average molecular weight is 552 g/mol. The van der Waals surface area contributed by atoms with Gasteiger partial charge in [0, 0.05) is 18.0 Å². The summed E-state index contributed by atoms with van der Waals surface area (Å²) < 4.78 is 5.34. The molecule has 0 fully saturated rings. The van der Waals surface area contributed by atoms with Crippen molar-refractivity contribution in [3.05, 3.63) is 72.3 Å². The molecule has 39 heavy (non-hydrogen) atoms. The Morgan fingerprint density at radius 3 is 2.36 bits per heavy atom. The number of rotatable bonds is 10. The second-order valence-corrected chi connectivity index (χ2v) is 10.7. The molecule has 0 bridgehead atoms. The maximum atomic E-state index is 13.9. The number of fused-ring (bicyclic) bond motifs is 1. The molecule has 0 aliphatic carbocycles. The lowest BCUT2D eigenvalue weighted by molar-refractivity contribution is -0.140. The molecule has 3 aromatic rings. The van der Waals surface area contributed by atoms with Gasteiger partial charge < -0.3 is 25.4 Å². The maximum absolute atomic E-state index is 13.9. The third kappa shape index (κ3) is 8.38. The van der Waals surface area contributed by atoms with Crippen LogP contribution in [0.2, 0.25) is 0 Å². The Bertz CT molecular complexity index is 1310. The highest BCUT2D eigenvalue weighted by molar-refractivity contribution is 7.80. The van der Waals surface area contributed by atoms with Gasteiger partial charge in [-0.25, -0.2) is 4.79 Å². The van der Waals surface area contributed by atoms with Crippen LogP contribution in [0.25, 0.3) is 10.8 Å². The van der Waals surface area contributed by atoms with Gasteiger partial charge in [-0.3, -0.25) is 9.59 Å². The normalized spacial score (nSPS) is 12.8. The molecule has 3 aromatic carbocycles. The Labute approximate surface area is 235 Å². The number of benzene rings is 3. The number of amides is 3.